The third kappa shape index (κ3) is 3.85. The van der Waals surface area contributed by atoms with Gasteiger partial charge in [0, 0.05) is 17.1 Å². The highest BCUT2D eigenvalue weighted by molar-refractivity contribution is 6.40. The van der Waals surface area contributed by atoms with Crippen molar-refractivity contribution in [2.45, 2.75) is 32.9 Å². The van der Waals surface area contributed by atoms with Crippen molar-refractivity contribution in [1.82, 2.24) is 20.3 Å². The fraction of sp³-hybridized carbons (Fsp3) is 0.385. The van der Waals surface area contributed by atoms with Crippen molar-refractivity contribution in [3.05, 3.63) is 39.1 Å². The molecular weight excluding hydrogens is 319 g/mol. The molecule has 0 amide bonds. The summed E-state index contributed by atoms with van der Waals surface area (Å²) in [5.41, 5.74) is 1.40. The molecule has 2 aromatic rings. The molecule has 0 bridgehead atoms. The first-order valence-corrected chi connectivity index (χ1v) is 7.21. The van der Waals surface area contributed by atoms with Gasteiger partial charge in [-0.05, 0) is 32.9 Å². The molecular formula is C13H15Cl3N4. The van der Waals surface area contributed by atoms with Crippen LogP contribution in [0.3, 0.4) is 0 Å². The molecule has 4 nitrogen and oxygen atoms in total. The number of benzene rings is 1. The van der Waals surface area contributed by atoms with Crippen LogP contribution in [0, 0.1) is 0 Å². The van der Waals surface area contributed by atoms with Gasteiger partial charge in [-0.1, -0.05) is 40.0 Å². The molecule has 1 heterocycles. The molecule has 0 saturated carbocycles. The van der Waals surface area contributed by atoms with Crippen molar-refractivity contribution in [2.75, 3.05) is 0 Å². The number of hydrogen-bond donors (Lipinski definition) is 1. The first kappa shape index (κ1) is 15.6. The standard InChI is InChI=1S/C13H15Cl3N4/c1-13(2,3)17-6-9-7-20(19-18-9)12-10(15)4-8(14)5-11(12)16/h4-5,7,17H,6H2,1-3H3. The summed E-state index contributed by atoms with van der Waals surface area (Å²) < 4.78 is 1.56. The average molecular weight is 334 g/mol. The predicted molar refractivity (Wildman–Crippen MR) is 83.0 cm³/mol. The second-order valence-corrected chi connectivity index (χ2v) is 6.73. The Morgan fingerprint density at radius 2 is 1.75 bits per heavy atom. The summed E-state index contributed by atoms with van der Waals surface area (Å²) in [6.45, 7) is 6.88. The summed E-state index contributed by atoms with van der Waals surface area (Å²) in [6, 6.07) is 3.25. The van der Waals surface area contributed by atoms with Gasteiger partial charge in [-0.2, -0.15) is 0 Å². The molecule has 1 aromatic carbocycles. The molecule has 0 fully saturated rings. The smallest absolute Gasteiger partial charge is 0.104 e. The van der Waals surface area contributed by atoms with Crippen LogP contribution in [0.25, 0.3) is 5.69 Å². The predicted octanol–water partition coefficient (Wildman–Crippen LogP) is 4.12. The van der Waals surface area contributed by atoms with E-state index in [2.05, 4.69) is 36.4 Å². The van der Waals surface area contributed by atoms with Gasteiger partial charge in [0.15, 0.2) is 0 Å². The van der Waals surface area contributed by atoms with E-state index < -0.39 is 0 Å². The number of aromatic nitrogens is 3. The summed E-state index contributed by atoms with van der Waals surface area (Å²) >= 11 is 18.2. The third-order valence-corrected chi connectivity index (χ3v) is 3.35. The van der Waals surface area contributed by atoms with Crippen LogP contribution in [-0.4, -0.2) is 20.5 Å². The Balaban J connectivity index is 2.25. The lowest BCUT2D eigenvalue weighted by molar-refractivity contribution is 0.421. The lowest BCUT2D eigenvalue weighted by atomic mass is 10.1. The van der Waals surface area contributed by atoms with Gasteiger partial charge in [0.25, 0.3) is 0 Å². The van der Waals surface area contributed by atoms with E-state index in [-0.39, 0.29) is 5.54 Å². The Bertz CT molecular complexity index is 593. The molecule has 0 aliphatic rings. The maximum Gasteiger partial charge on any atom is 0.104 e. The van der Waals surface area contributed by atoms with E-state index in [1.807, 2.05) is 0 Å². The number of rotatable bonds is 3. The van der Waals surface area contributed by atoms with Crippen molar-refractivity contribution < 1.29 is 0 Å². The highest BCUT2D eigenvalue weighted by Gasteiger charge is 2.14. The van der Waals surface area contributed by atoms with Crippen LogP contribution >= 0.6 is 34.8 Å². The summed E-state index contributed by atoms with van der Waals surface area (Å²) in [7, 11) is 0. The van der Waals surface area contributed by atoms with E-state index in [4.69, 9.17) is 34.8 Å². The van der Waals surface area contributed by atoms with Crippen LogP contribution < -0.4 is 5.32 Å². The summed E-state index contributed by atoms with van der Waals surface area (Å²) in [5, 5.41) is 12.8. The maximum atomic E-state index is 6.16. The molecule has 2 rings (SSSR count). The van der Waals surface area contributed by atoms with Gasteiger partial charge in [0.1, 0.15) is 5.69 Å². The van der Waals surface area contributed by atoms with Crippen LogP contribution in [0.2, 0.25) is 15.1 Å². The zero-order valence-electron chi connectivity index (χ0n) is 11.4. The molecule has 0 aliphatic carbocycles. The van der Waals surface area contributed by atoms with Crippen LogP contribution in [0.5, 0.6) is 0 Å². The molecule has 0 aliphatic heterocycles. The SMILES string of the molecule is CC(C)(C)NCc1cn(-c2c(Cl)cc(Cl)cc2Cl)nn1. The Labute approximate surface area is 133 Å². The number of nitrogens with one attached hydrogen (secondary N) is 1. The normalized spacial score (nSPS) is 11.9. The quantitative estimate of drug-likeness (QED) is 0.919. The van der Waals surface area contributed by atoms with E-state index in [9.17, 15) is 0 Å². The molecule has 0 unspecified atom stereocenters. The van der Waals surface area contributed by atoms with Crippen molar-refractivity contribution in [2.24, 2.45) is 0 Å². The van der Waals surface area contributed by atoms with E-state index in [1.54, 1.807) is 23.0 Å². The van der Waals surface area contributed by atoms with Gasteiger partial charge >= 0.3 is 0 Å². The van der Waals surface area contributed by atoms with E-state index in [0.717, 1.165) is 5.69 Å². The Morgan fingerprint density at radius 1 is 1.15 bits per heavy atom. The van der Waals surface area contributed by atoms with Crippen molar-refractivity contribution >= 4 is 34.8 Å². The lowest BCUT2D eigenvalue weighted by Gasteiger charge is -2.19. The minimum absolute atomic E-state index is 0.0132. The lowest BCUT2D eigenvalue weighted by Crippen LogP contribution is -2.35. The van der Waals surface area contributed by atoms with Crippen LogP contribution in [-0.2, 0) is 6.54 Å². The fourth-order valence-corrected chi connectivity index (χ4v) is 2.59. The molecule has 0 spiro atoms. The number of halogens is 3. The highest BCUT2D eigenvalue weighted by Crippen LogP contribution is 2.31. The zero-order valence-corrected chi connectivity index (χ0v) is 13.7. The fourth-order valence-electron chi connectivity index (χ4n) is 1.60. The first-order valence-electron chi connectivity index (χ1n) is 6.07. The van der Waals surface area contributed by atoms with Gasteiger partial charge in [-0.25, -0.2) is 4.68 Å². The molecule has 0 radical (unpaired) electrons. The van der Waals surface area contributed by atoms with Crippen LogP contribution in [0.1, 0.15) is 26.5 Å². The van der Waals surface area contributed by atoms with Crippen LogP contribution in [0.15, 0.2) is 18.3 Å². The minimum Gasteiger partial charge on any atom is -0.306 e. The van der Waals surface area contributed by atoms with Crippen molar-refractivity contribution in [3.8, 4) is 5.69 Å². The molecule has 1 aromatic heterocycles. The van der Waals surface area contributed by atoms with Crippen LogP contribution in [0.4, 0.5) is 0 Å². The first-order chi connectivity index (χ1) is 9.26. The average Bonchev–Trinajstić information content (AvgIpc) is 2.72. The van der Waals surface area contributed by atoms with Gasteiger partial charge < -0.3 is 5.32 Å². The Hall–Kier alpha value is -0.810. The molecule has 0 atom stereocenters. The highest BCUT2D eigenvalue weighted by atomic mass is 35.5. The van der Waals surface area contributed by atoms with Crippen molar-refractivity contribution in [1.29, 1.82) is 0 Å². The second-order valence-electron chi connectivity index (χ2n) is 5.48. The van der Waals surface area contributed by atoms with Gasteiger partial charge in [0.05, 0.1) is 21.9 Å². The Morgan fingerprint density at radius 3 is 2.30 bits per heavy atom. The molecule has 108 valence electrons. The zero-order chi connectivity index (χ0) is 14.9. The van der Waals surface area contributed by atoms with Crippen molar-refractivity contribution in [3.63, 3.8) is 0 Å². The largest absolute Gasteiger partial charge is 0.306 e. The molecule has 0 saturated heterocycles. The number of hydrogen-bond acceptors (Lipinski definition) is 3. The summed E-state index contributed by atoms with van der Waals surface area (Å²) in [5.74, 6) is 0. The molecule has 7 heteroatoms. The minimum atomic E-state index is 0.0132. The maximum absolute atomic E-state index is 6.16. The summed E-state index contributed by atoms with van der Waals surface area (Å²) in [6.07, 6.45) is 1.79. The topological polar surface area (TPSA) is 42.7 Å². The van der Waals surface area contributed by atoms with Gasteiger partial charge in [-0.3, -0.25) is 0 Å². The van der Waals surface area contributed by atoms with Gasteiger partial charge in [-0.15, -0.1) is 5.10 Å². The van der Waals surface area contributed by atoms with E-state index >= 15 is 0 Å². The molecule has 20 heavy (non-hydrogen) atoms. The number of nitrogens with zero attached hydrogens (tertiary/aromatic N) is 3. The second kappa shape index (κ2) is 5.90. The van der Waals surface area contributed by atoms with Gasteiger partial charge in [0.2, 0.25) is 0 Å². The van der Waals surface area contributed by atoms with E-state index in [0.29, 0.717) is 27.3 Å². The molecule has 1 N–H and O–H groups in total. The van der Waals surface area contributed by atoms with E-state index in [1.165, 1.54) is 0 Å². The third-order valence-electron chi connectivity index (χ3n) is 2.55. The monoisotopic (exact) mass is 332 g/mol. The Kier molecular flexibility index (Phi) is 4.59. The summed E-state index contributed by atoms with van der Waals surface area (Å²) in [4.78, 5) is 0.